The van der Waals surface area contributed by atoms with Crippen molar-refractivity contribution in [1.29, 1.82) is 0 Å². The van der Waals surface area contributed by atoms with Crippen molar-refractivity contribution in [2.24, 2.45) is 5.41 Å². The van der Waals surface area contributed by atoms with E-state index in [4.69, 9.17) is 11.6 Å². The second-order valence-corrected chi connectivity index (χ2v) is 4.52. The lowest BCUT2D eigenvalue weighted by molar-refractivity contribution is 0.0507. The minimum Gasteiger partial charge on any atom is -0.396 e. The zero-order valence-electron chi connectivity index (χ0n) is 9.21. The Morgan fingerprint density at radius 2 is 1.94 bits per heavy atom. The SMILES string of the molecule is CCC(CO)(CO)Cc1ccc(Cl)cc1F. The summed E-state index contributed by atoms with van der Waals surface area (Å²) in [5.41, 5.74) is -0.191. The molecule has 90 valence electrons. The maximum absolute atomic E-state index is 13.5. The summed E-state index contributed by atoms with van der Waals surface area (Å²) in [6, 6.07) is 4.44. The molecule has 0 aliphatic carbocycles. The van der Waals surface area contributed by atoms with Crippen LogP contribution >= 0.6 is 11.6 Å². The number of rotatable bonds is 5. The molecule has 1 rings (SSSR count). The smallest absolute Gasteiger partial charge is 0.127 e. The van der Waals surface area contributed by atoms with Crippen molar-refractivity contribution in [2.75, 3.05) is 13.2 Å². The molecule has 0 atom stereocenters. The molecule has 1 aromatic carbocycles. The van der Waals surface area contributed by atoms with Crippen LogP contribution in [0.2, 0.25) is 5.02 Å². The van der Waals surface area contributed by atoms with Crippen molar-refractivity contribution in [3.8, 4) is 0 Å². The molecule has 16 heavy (non-hydrogen) atoms. The van der Waals surface area contributed by atoms with Crippen LogP contribution < -0.4 is 0 Å². The van der Waals surface area contributed by atoms with Gasteiger partial charge in [0.2, 0.25) is 0 Å². The molecule has 0 saturated carbocycles. The highest BCUT2D eigenvalue weighted by Gasteiger charge is 2.28. The van der Waals surface area contributed by atoms with Gasteiger partial charge in [0, 0.05) is 10.4 Å². The Labute approximate surface area is 99.7 Å². The highest BCUT2D eigenvalue weighted by molar-refractivity contribution is 6.30. The highest BCUT2D eigenvalue weighted by Crippen LogP contribution is 2.28. The predicted octanol–water partition coefficient (Wildman–Crippen LogP) is 2.40. The van der Waals surface area contributed by atoms with Gasteiger partial charge in [0.25, 0.3) is 0 Å². The van der Waals surface area contributed by atoms with Crippen LogP contribution in [0.5, 0.6) is 0 Å². The largest absolute Gasteiger partial charge is 0.396 e. The lowest BCUT2D eigenvalue weighted by Crippen LogP contribution is -2.31. The van der Waals surface area contributed by atoms with E-state index in [0.717, 1.165) is 0 Å². The first kappa shape index (κ1) is 13.4. The van der Waals surface area contributed by atoms with Crippen molar-refractivity contribution in [2.45, 2.75) is 19.8 Å². The Hall–Kier alpha value is -0.640. The van der Waals surface area contributed by atoms with Crippen molar-refractivity contribution >= 4 is 11.6 Å². The first-order valence-electron chi connectivity index (χ1n) is 5.22. The number of hydrogen-bond donors (Lipinski definition) is 2. The number of aliphatic hydroxyl groups is 2. The Balaban J connectivity index is 2.93. The van der Waals surface area contributed by atoms with E-state index in [1.165, 1.54) is 6.07 Å². The number of hydrogen-bond acceptors (Lipinski definition) is 2. The normalized spacial score (nSPS) is 11.8. The lowest BCUT2D eigenvalue weighted by atomic mass is 9.80. The van der Waals surface area contributed by atoms with Gasteiger partial charge < -0.3 is 10.2 Å². The number of aliphatic hydroxyl groups excluding tert-OH is 2. The molecule has 0 spiro atoms. The molecule has 0 aliphatic heterocycles. The standard InChI is InChI=1S/C12H16ClFO2/c1-2-12(7-15,8-16)6-9-3-4-10(13)5-11(9)14/h3-5,15-16H,2,6-8H2,1H3. The topological polar surface area (TPSA) is 40.5 Å². The van der Waals surface area contributed by atoms with Crippen molar-refractivity contribution in [3.63, 3.8) is 0 Å². The Morgan fingerprint density at radius 1 is 1.31 bits per heavy atom. The summed E-state index contributed by atoms with van der Waals surface area (Å²) in [4.78, 5) is 0. The molecular weight excluding hydrogens is 231 g/mol. The fourth-order valence-corrected chi connectivity index (χ4v) is 1.74. The van der Waals surface area contributed by atoms with Crippen molar-refractivity contribution < 1.29 is 14.6 Å². The number of halogens is 2. The molecule has 0 amide bonds. The molecule has 2 nitrogen and oxygen atoms in total. The summed E-state index contributed by atoms with van der Waals surface area (Å²) in [6.45, 7) is 1.53. The molecule has 2 N–H and O–H groups in total. The first-order valence-corrected chi connectivity index (χ1v) is 5.60. The summed E-state index contributed by atoms with van der Waals surface area (Å²) in [7, 11) is 0. The van der Waals surface area contributed by atoms with E-state index >= 15 is 0 Å². The quantitative estimate of drug-likeness (QED) is 0.838. The highest BCUT2D eigenvalue weighted by atomic mass is 35.5. The van der Waals surface area contributed by atoms with Gasteiger partial charge in [-0.3, -0.25) is 0 Å². The second-order valence-electron chi connectivity index (χ2n) is 4.08. The molecular formula is C12H16ClFO2. The number of benzene rings is 1. The molecule has 0 radical (unpaired) electrons. The third-order valence-corrected chi connectivity index (χ3v) is 3.24. The molecule has 4 heteroatoms. The third-order valence-electron chi connectivity index (χ3n) is 3.00. The Bertz CT molecular complexity index is 343. The monoisotopic (exact) mass is 246 g/mol. The van der Waals surface area contributed by atoms with Gasteiger partial charge in [-0.15, -0.1) is 0 Å². The maximum atomic E-state index is 13.5. The van der Waals surface area contributed by atoms with Crippen LogP contribution in [0.4, 0.5) is 4.39 Å². The first-order chi connectivity index (χ1) is 7.56. The molecule has 0 aromatic heterocycles. The predicted molar refractivity (Wildman–Crippen MR) is 62.0 cm³/mol. The second kappa shape index (κ2) is 5.62. The molecule has 1 aromatic rings. The van der Waals surface area contributed by atoms with Crippen LogP contribution in [0.1, 0.15) is 18.9 Å². The van der Waals surface area contributed by atoms with Gasteiger partial charge in [0.15, 0.2) is 0 Å². The summed E-state index contributed by atoms with van der Waals surface area (Å²) in [6.07, 6.45) is 0.890. The van der Waals surface area contributed by atoms with Gasteiger partial charge >= 0.3 is 0 Å². The van der Waals surface area contributed by atoms with Crippen LogP contribution in [0.3, 0.4) is 0 Å². The minimum atomic E-state index is -0.658. The van der Waals surface area contributed by atoms with E-state index in [2.05, 4.69) is 0 Å². The van der Waals surface area contributed by atoms with Gasteiger partial charge in [-0.1, -0.05) is 24.6 Å². The van der Waals surface area contributed by atoms with Crippen molar-refractivity contribution in [1.82, 2.24) is 0 Å². The molecule has 0 unspecified atom stereocenters. The Kier molecular flexibility index (Phi) is 4.71. The lowest BCUT2D eigenvalue weighted by Gasteiger charge is -2.28. The van der Waals surface area contributed by atoms with E-state index < -0.39 is 11.2 Å². The molecule has 0 bridgehead atoms. The average Bonchev–Trinajstić information content (AvgIpc) is 2.29. The van der Waals surface area contributed by atoms with Gasteiger partial charge in [-0.05, 0) is 30.5 Å². The van der Waals surface area contributed by atoms with Gasteiger partial charge in [0.05, 0.1) is 13.2 Å². The summed E-state index contributed by atoms with van der Waals surface area (Å²) < 4.78 is 13.5. The average molecular weight is 247 g/mol. The molecule has 0 saturated heterocycles. The zero-order valence-corrected chi connectivity index (χ0v) is 9.97. The van der Waals surface area contributed by atoms with Crippen LogP contribution in [-0.2, 0) is 6.42 Å². The van der Waals surface area contributed by atoms with Gasteiger partial charge in [-0.2, -0.15) is 0 Å². The van der Waals surface area contributed by atoms with Crippen LogP contribution in [0.15, 0.2) is 18.2 Å². The van der Waals surface area contributed by atoms with Gasteiger partial charge in [-0.25, -0.2) is 4.39 Å². The fraction of sp³-hybridized carbons (Fsp3) is 0.500. The van der Waals surface area contributed by atoms with E-state index in [-0.39, 0.29) is 13.2 Å². The summed E-state index contributed by atoms with van der Waals surface area (Å²) >= 11 is 5.65. The molecule has 0 aliphatic rings. The zero-order chi connectivity index (χ0) is 12.2. The van der Waals surface area contributed by atoms with Crippen molar-refractivity contribution in [3.05, 3.63) is 34.6 Å². The van der Waals surface area contributed by atoms with E-state index in [1.807, 2.05) is 6.92 Å². The van der Waals surface area contributed by atoms with E-state index in [0.29, 0.717) is 23.4 Å². The van der Waals surface area contributed by atoms with Crippen LogP contribution in [0.25, 0.3) is 0 Å². The summed E-state index contributed by atoms with van der Waals surface area (Å²) in [5, 5.41) is 18.9. The van der Waals surface area contributed by atoms with Gasteiger partial charge in [0.1, 0.15) is 5.82 Å². The van der Waals surface area contributed by atoms with Crippen LogP contribution in [-0.4, -0.2) is 23.4 Å². The van der Waals surface area contributed by atoms with Crippen LogP contribution in [0, 0.1) is 11.2 Å². The summed E-state index contributed by atoms with van der Waals surface area (Å²) in [5.74, 6) is -0.396. The minimum absolute atomic E-state index is 0.165. The Morgan fingerprint density at radius 3 is 2.38 bits per heavy atom. The van der Waals surface area contributed by atoms with E-state index in [9.17, 15) is 14.6 Å². The van der Waals surface area contributed by atoms with E-state index in [1.54, 1.807) is 12.1 Å². The molecule has 0 fully saturated rings. The molecule has 0 heterocycles. The maximum Gasteiger partial charge on any atom is 0.127 e. The fourth-order valence-electron chi connectivity index (χ4n) is 1.58. The third kappa shape index (κ3) is 2.94.